The van der Waals surface area contributed by atoms with Crippen LogP contribution >= 0.6 is 0 Å². The lowest BCUT2D eigenvalue weighted by Crippen LogP contribution is -2.19. The molecule has 0 amide bonds. The van der Waals surface area contributed by atoms with Crippen molar-refractivity contribution in [3.8, 4) is 0 Å². The van der Waals surface area contributed by atoms with Gasteiger partial charge in [0.2, 0.25) is 0 Å². The first-order valence-corrected chi connectivity index (χ1v) is 6.51. The molecule has 0 unspecified atom stereocenters. The van der Waals surface area contributed by atoms with E-state index in [9.17, 15) is 8.78 Å². The first-order chi connectivity index (χ1) is 9.95. The maximum atomic E-state index is 13.6. The number of hydrogen-bond donors (Lipinski definition) is 2. The molecule has 0 heterocycles. The van der Waals surface area contributed by atoms with Gasteiger partial charge in [-0.25, -0.2) is 8.78 Å². The molecule has 2 aromatic rings. The van der Waals surface area contributed by atoms with Crippen LogP contribution in [0.5, 0.6) is 0 Å². The van der Waals surface area contributed by atoms with Crippen LogP contribution in [0.4, 0.5) is 8.78 Å². The van der Waals surface area contributed by atoms with Gasteiger partial charge in [0, 0.05) is 24.2 Å². The number of amidine groups is 1. The number of nitrogens with zero attached hydrogens (tertiary/aromatic N) is 1. The zero-order chi connectivity index (χ0) is 15.4. The fraction of sp³-hybridized carbons (Fsp3) is 0.188. The highest BCUT2D eigenvalue weighted by molar-refractivity contribution is 5.95. The molecule has 0 aliphatic carbocycles. The maximum Gasteiger partial charge on any atom is 0.127 e. The fourth-order valence-corrected chi connectivity index (χ4v) is 2.16. The van der Waals surface area contributed by atoms with Crippen LogP contribution in [0.3, 0.4) is 0 Å². The van der Waals surface area contributed by atoms with Gasteiger partial charge in [0.05, 0.1) is 0 Å². The van der Waals surface area contributed by atoms with E-state index in [4.69, 9.17) is 11.1 Å². The average Bonchev–Trinajstić information content (AvgIpc) is 2.43. The lowest BCUT2D eigenvalue weighted by Gasteiger charge is -2.17. The highest BCUT2D eigenvalue weighted by atomic mass is 19.1. The van der Waals surface area contributed by atoms with E-state index in [0.717, 1.165) is 17.7 Å². The van der Waals surface area contributed by atoms with Crippen LogP contribution in [0.1, 0.15) is 16.7 Å². The third-order valence-corrected chi connectivity index (χ3v) is 3.14. The molecule has 0 saturated carbocycles. The molecule has 0 aliphatic heterocycles. The Morgan fingerprint density at radius 1 is 1.14 bits per heavy atom. The molecule has 2 aromatic carbocycles. The molecule has 5 heteroatoms. The molecular weight excluding hydrogens is 272 g/mol. The molecule has 110 valence electrons. The second kappa shape index (κ2) is 6.45. The summed E-state index contributed by atoms with van der Waals surface area (Å²) in [6.07, 6.45) is 0. The van der Waals surface area contributed by atoms with Crippen molar-refractivity contribution in [3.63, 3.8) is 0 Å². The van der Waals surface area contributed by atoms with Gasteiger partial charge in [-0.15, -0.1) is 0 Å². The number of hydrogen-bond acceptors (Lipinski definition) is 2. The minimum Gasteiger partial charge on any atom is -0.384 e. The van der Waals surface area contributed by atoms with Gasteiger partial charge in [-0.05, 0) is 36.9 Å². The Bertz CT molecular complexity index is 656. The smallest absolute Gasteiger partial charge is 0.127 e. The largest absolute Gasteiger partial charge is 0.384 e. The van der Waals surface area contributed by atoms with E-state index < -0.39 is 11.6 Å². The monoisotopic (exact) mass is 289 g/mol. The zero-order valence-corrected chi connectivity index (χ0v) is 11.7. The molecule has 0 bridgehead atoms. The van der Waals surface area contributed by atoms with Gasteiger partial charge in [0.1, 0.15) is 17.5 Å². The van der Waals surface area contributed by atoms with Gasteiger partial charge in [0.15, 0.2) is 0 Å². The Labute approximate surface area is 122 Å². The molecule has 0 radical (unpaired) electrons. The number of nitrogens with two attached hydrogens (primary N) is 1. The Hall–Kier alpha value is -2.27. The topological polar surface area (TPSA) is 53.1 Å². The summed E-state index contributed by atoms with van der Waals surface area (Å²) in [6, 6.07) is 10.8. The summed E-state index contributed by atoms with van der Waals surface area (Å²) < 4.78 is 26.7. The third-order valence-electron chi connectivity index (χ3n) is 3.14. The van der Waals surface area contributed by atoms with Crippen LogP contribution in [0.15, 0.2) is 42.5 Å². The van der Waals surface area contributed by atoms with Gasteiger partial charge in [0.25, 0.3) is 0 Å². The SMILES string of the molecule is CN(Cc1cccc(C(=N)N)c1)Cc1cc(F)ccc1F. The number of halogens is 2. The summed E-state index contributed by atoms with van der Waals surface area (Å²) in [5.74, 6) is -0.852. The van der Waals surface area contributed by atoms with Crippen molar-refractivity contribution >= 4 is 5.84 Å². The molecule has 0 fully saturated rings. The molecular formula is C16H17F2N3. The number of rotatable bonds is 5. The Balaban J connectivity index is 2.08. The Kier molecular flexibility index (Phi) is 4.65. The fourth-order valence-electron chi connectivity index (χ4n) is 2.16. The van der Waals surface area contributed by atoms with Crippen LogP contribution in [-0.2, 0) is 13.1 Å². The number of nitrogens with one attached hydrogen (secondary N) is 1. The van der Waals surface area contributed by atoms with Crippen LogP contribution < -0.4 is 5.73 Å². The van der Waals surface area contributed by atoms with Gasteiger partial charge >= 0.3 is 0 Å². The van der Waals surface area contributed by atoms with Crippen molar-refractivity contribution in [1.82, 2.24) is 4.90 Å². The van der Waals surface area contributed by atoms with Crippen LogP contribution in [0.25, 0.3) is 0 Å². The summed E-state index contributed by atoms with van der Waals surface area (Å²) in [5, 5.41) is 7.42. The van der Waals surface area contributed by atoms with E-state index in [1.165, 1.54) is 6.07 Å². The molecule has 0 atom stereocenters. The average molecular weight is 289 g/mol. The van der Waals surface area contributed by atoms with Gasteiger partial charge in [-0.3, -0.25) is 10.3 Å². The lowest BCUT2D eigenvalue weighted by molar-refractivity contribution is 0.313. The van der Waals surface area contributed by atoms with Crippen molar-refractivity contribution in [2.75, 3.05) is 7.05 Å². The summed E-state index contributed by atoms with van der Waals surface area (Å²) in [7, 11) is 1.82. The van der Waals surface area contributed by atoms with Crippen molar-refractivity contribution in [1.29, 1.82) is 5.41 Å². The van der Waals surface area contributed by atoms with Crippen molar-refractivity contribution in [3.05, 3.63) is 70.8 Å². The van der Waals surface area contributed by atoms with Crippen molar-refractivity contribution in [2.45, 2.75) is 13.1 Å². The van der Waals surface area contributed by atoms with Crippen molar-refractivity contribution in [2.24, 2.45) is 5.73 Å². The quantitative estimate of drug-likeness (QED) is 0.657. The normalized spacial score (nSPS) is 10.9. The first-order valence-electron chi connectivity index (χ1n) is 6.51. The Morgan fingerprint density at radius 3 is 2.62 bits per heavy atom. The van der Waals surface area contributed by atoms with E-state index in [2.05, 4.69) is 0 Å². The third kappa shape index (κ3) is 4.10. The zero-order valence-electron chi connectivity index (χ0n) is 11.7. The minimum absolute atomic E-state index is 0.00989. The predicted molar refractivity (Wildman–Crippen MR) is 79.0 cm³/mol. The van der Waals surface area contributed by atoms with E-state index in [0.29, 0.717) is 24.2 Å². The highest BCUT2D eigenvalue weighted by Gasteiger charge is 2.08. The molecule has 2 rings (SSSR count). The van der Waals surface area contributed by atoms with Gasteiger partial charge in [-0.1, -0.05) is 18.2 Å². The van der Waals surface area contributed by atoms with E-state index in [1.807, 2.05) is 30.1 Å². The lowest BCUT2D eigenvalue weighted by atomic mass is 10.1. The second-order valence-electron chi connectivity index (χ2n) is 5.02. The van der Waals surface area contributed by atoms with Gasteiger partial charge in [-0.2, -0.15) is 0 Å². The molecule has 3 nitrogen and oxygen atoms in total. The first kappa shape index (κ1) is 15.1. The van der Waals surface area contributed by atoms with Crippen LogP contribution in [0, 0.1) is 17.0 Å². The maximum absolute atomic E-state index is 13.6. The van der Waals surface area contributed by atoms with Crippen molar-refractivity contribution < 1.29 is 8.78 Å². The van der Waals surface area contributed by atoms with Crippen LogP contribution in [0.2, 0.25) is 0 Å². The molecule has 0 spiro atoms. The van der Waals surface area contributed by atoms with Crippen LogP contribution in [-0.4, -0.2) is 17.8 Å². The second-order valence-corrected chi connectivity index (χ2v) is 5.02. The highest BCUT2D eigenvalue weighted by Crippen LogP contribution is 2.14. The van der Waals surface area contributed by atoms with Gasteiger partial charge < -0.3 is 5.73 Å². The van der Waals surface area contributed by atoms with E-state index >= 15 is 0 Å². The molecule has 0 aliphatic rings. The molecule has 21 heavy (non-hydrogen) atoms. The summed E-state index contributed by atoms with van der Waals surface area (Å²) in [4.78, 5) is 1.87. The Morgan fingerprint density at radius 2 is 1.90 bits per heavy atom. The number of nitrogen functional groups attached to an aromatic ring is 1. The summed E-state index contributed by atoms with van der Waals surface area (Å²) in [5.41, 5.74) is 7.38. The van der Waals surface area contributed by atoms with E-state index in [-0.39, 0.29) is 5.84 Å². The predicted octanol–water partition coefficient (Wildman–Crippen LogP) is 2.88. The molecule has 0 saturated heterocycles. The molecule has 0 aromatic heterocycles. The molecule has 3 N–H and O–H groups in total. The number of benzene rings is 2. The van der Waals surface area contributed by atoms with E-state index in [1.54, 1.807) is 6.07 Å². The summed E-state index contributed by atoms with van der Waals surface area (Å²) in [6.45, 7) is 0.852. The standard InChI is InChI=1S/C16H17F2N3/c1-21(10-13-8-14(17)5-6-15(13)18)9-11-3-2-4-12(7-11)16(19)20/h2-8H,9-10H2,1H3,(H3,19,20). The summed E-state index contributed by atoms with van der Waals surface area (Å²) >= 11 is 0. The minimum atomic E-state index is -0.446.